The van der Waals surface area contributed by atoms with E-state index in [1.807, 2.05) is 48.5 Å². The van der Waals surface area contributed by atoms with Gasteiger partial charge in [-0.3, -0.25) is 0 Å². The quantitative estimate of drug-likeness (QED) is 0.469. The Bertz CT molecular complexity index is 800. The number of hydrogen-bond acceptors (Lipinski definition) is 2. The van der Waals surface area contributed by atoms with Crippen LogP contribution in [0.15, 0.2) is 72.8 Å². The van der Waals surface area contributed by atoms with Gasteiger partial charge in [-0.1, -0.05) is 71.2 Å². The summed E-state index contributed by atoms with van der Waals surface area (Å²) in [6, 6.07) is 22.4. The Morgan fingerprint density at radius 3 is 1.46 bits per heavy atom. The molecule has 134 valence electrons. The Morgan fingerprint density at radius 1 is 0.654 bits per heavy atom. The number of aliphatic hydroxyl groups is 1. The summed E-state index contributed by atoms with van der Waals surface area (Å²) in [6.45, 7) is 0. The Balaban J connectivity index is 1.83. The van der Waals surface area contributed by atoms with Gasteiger partial charge in [0.1, 0.15) is 5.60 Å². The zero-order chi connectivity index (χ0) is 18.6. The largest absolute Gasteiger partial charge is 0.380 e. The SMILES string of the molecule is OC(CSCc1ccc(Cl)cc1)(c1ccc(Cl)cc1)c1ccc(Cl)cc1. The first-order valence-electron chi connectivity index (χ1n) is 8.04. The van der Waals surface area contributed by atoms with E-state index >= 15 is 0 Å². The van der Waals surface area contributed by atoms with Gasteiger partial charge in [-0.05, 0) is 53.1 Å². The van der Waals surface area contributed by atoms with Crippen LogP contribution in [0.3, 0.4) is 0 Å². The number of rotatable bonds is 6. The van der Waals surface area contributed by atoms with Crippen molar-refractivity contribution in [3.63, 3.8) is 0 Å². The normalized spacial score (nSPS) is 11.5. The fourth-order valence-corrected chi connectivity index (χ4v) is 4.22. The molecule has 3 aromatic carbocycles. The van der Waals surface area contributed by atoms with E-state index in [0.29, 0.717) is 15.8 Å². The van der Waals surface area contributed by atoms with Gasteiger partial charge in [0.15, 0.2) is 0 Å². The highest BCUT2D eigenvalue weighted by molar-refractivity contribution is 7.98. The molecule has 0 radical (unpaired) electrons. The van der Waals surface area contributed by atoms with E-state index in [-0.39, 0.29) is 0 Å². The van der Waals surface area contributed by atoms with E-state index in [1.165, 1.54) is 0 Å². The van der Waals surface area contributed by atoms with Crippen molar-refractivity contribution in [1.82, 2.24) is 0 Å². The summed E-state index contributed by atoms with van der Waals surface area (Å²) in [5.74, 6) is 1.28. The second-order valence-electron chi connectivity index (χ2n) is 5.99. The van der Waals surface area contributed by atoms with E-state index in [2.05, 4.69) is 0 Å². The molecule has 3 rings (SSSR count). The Morgan fingerprint density at radius 2 is 1.04 bits per heavy atom. The summed E-state index contributed by atoms with van der Waals surface area (Å²) >= 11 is 19.6. The number of thioether (sulfide) groups is 1. The topological polar surface area (TPSA) is 20.2 Å². The molecule has 0 heterocycles. The van der Waals surface area contributed by atoms with Crippen LogP contribution in [0.5, 0.6) is 0 Å². The molecule has 1 nitrogen and oxygen atoms in total. The van der Waals surface area contributed by atoms with Gasteiger partial charge in [-0.2, -0.15) is 11.8 Å². The lowest BCUT2D eigenvalue weighted by molar-refractivity contribution is 0.107. The van der Waals surface area contributed by atoms with Crippen molar-refractivity contribution in [2.24, 2.45) is 0 Å². The van der Waals surface area contributed by atoms with Crippen molar-refractivity contribution in [1.29, 1.82) is 0 Å². The van der Waals surface area contributed by atoms with Gasteiger partial charge in [-0.15, -0.1) is 0 Å². The maximum atomic E-state index is 11.5. The van der Waals surface area contributed by atoms with Crippen LogP contribution in [0.1, 0.15) is 16.7 Å². The van der Waals surface area contributed by atoms with E-state index < -0.39 is 5.60 Å². The molecule has 0 aromatic heterocycles. The third-order valence-electron chi connectivity index (χ3n) is 4.14. The molecular weight excluding hydrogens is 407 g/mol. The predicted molar refractivity (Wildman–Crippen MR) is 114 cm³/mol. The molecule has 26 heavy (non-hydrogen) atoms. The van der Waals surface area contributed by atoms with Crippen LogP contribution < -0.4 is 0 Å². The second-order valence-corrected chi connectivity index (χ2v) is 8.29. The highest BCUT2D eigenvalue weighted by Crippen LogP contribution is 2.35. The molecule has 0 atom stereocenters. The van der Waals surface area contributed by atoms with E-state index in [1.54, 1.807) is 36.0 Å². The molecule has 5 heteroatoms. The summed E-state index contributed by atoms with van der Waals surface area (Å²) in [4.78, 5) is 0. The molecule has 0 amide bonds. The fraction of sp³-hybridized carbons (Fsp3) is 0.143. The van der Waals surface area contributed by atoms with Gasteiger partial charge < -0.3 is 5.11 Å². The van der Waals surface area contributed by atoms with Gasteiger partial charge in [-0.25, -0.2) is 0 Å². The van der Waals surface area contributed by atoms with Gasteiger partial charge in [0.05, 0.1) is 0 Å². The molecule has 3 aromatic rings. The number of benzene rings is 3. The van der Waals surface area contributed by atoms with E-state index in [0.717, 1.165) is 27.5 Å². The van der Waals surface area contributed by atoms with Crippen LogP contribution in [-0.4, -0.2) is 10.9 Å². The van der Waals surface area contributed by atoms with Crippen LogP contribution in [-0.2, 0) is 11.4 Å². The maximum Gasteiger partial charge on any atom is 0.124 e. The zero-order valence-electron chi connectivity index (χ0n) is 13.8. The number of hydrogen-bond donors (Lipinski definition) is 1. The van der Waals surface area contributed by atoms with Crippen molar-refractivity contribution >= 4 is 46.6 Å². The summed E-state index contributed by atoms with van der Waals surface area (Å²) < 4.78 is 0. The molecule has 0 bridgehead atoms. The molecule has 1 N–H and O–H groups in total. The predicted octanol–water partition coefficient (Wildman–Crippen LogP) is 6.82. The molecule has 0 aliphatic rings. The van der Waals surface area contributed by atoms with Gasteiger partial charge in [0.25, 0.3) is 0 Å². The second kappa shape index (κ2) is 8.69. The zero-order valence-corrected chi connectivity index (χ0v) is 16.9. The van der Waals surface area contributed by atoms with Crippen LogP contribution in [0.2, 0.25) is 15.1 Å². The van der Waals surface area contributed by atoms with E-state index in [4.69, 9.17) is 34.8 Å². The first-order chi connectivity index (χ1) is 12.5. The first kappa shape index (κ1) is 19.6. The van der Waals surface area contributed by atoms with Crippen molar-refractivity contribution in [3.8, 4) is 0 Å². The van der Waals surface area contributed by atoms with Crippen molar-refractivity contribution in [2.75, 3.05) is 5.75 Å². The van der Waals surface area contributed by atoms with Gasteiger partial charge in [0.2, 0.25) is 0 Å². The van der Waals surface area contributed by atoms with Crippen molar-refractivity contribution in [2.45, 2.75) is 11.4 Å². The first-order valence-corrected chi connectivity index (χ1v) is 10.3. The van der Waals surface area contributed by atoms with Crippen molar-refractivity contribution in [3.05, 3.63) is 105 Å². The minimum Gasteiger partial charge on any atom is -0.380 e. The smallest absolute Gasteiger partial charge is 0.124 e. The fourth-order valence-electron chi connectivity index (χ4n) is 2.68. The minimum atomic E-state index is -1.13. The third-order valence-corrected chi connectivity index (χ3v) is 6.05. The third kappa shape index (κ3) is 4.76. The molecule has 0 saturated carbocycles. The molecule has 0 aliphatic carbocycles. The molecular formula is C21H17Cl3OS. The molecule has 0 spiro atoms. The summed E-state index contributed by atoms with van der Waals surface area (Å²) in [7, 11) is 0. The molecule has 0 saturated heterocycles. The average Bonchev–Trinajstić information content (AvgIpc) is 2.64. The minimum absolute atomic E-state index is 0.499. The van der Waals surface area contributed by atoms with E-state index in [9.17, 15) is 5.11 Å². The molecule has 0 unspecified atom stereocenters. The van der Waals surface area contributed by atoms with Crippen LogP contribution in [0, 0.1) is 0 Å². The van der Waals surface area contributed by atoms with Crippen LogP contribution in [0.4, 0.5) is 0 Å². The highest BCUT2D eigenvalue weighted by atomic mass is 35.5. The molecule has 0 fully saturated rings. The van der Waals surface area contributed by atoms with Crippen LogP contribution >= 0.6 is 46.6 Å². The lowest BCUT2D eigenvalue weighted by Gasteiger charge is -2.29. The Kier molecular flexibility index (Phi) is 6.55. The van der Waals surface area contributed by atoms with Gasteiger partial charge in [0, 0.05) is 26.6 Å². The lowest BCUT2D eigenvalue weighted by atomic mass is 9.88. The monoisotopic (exact) mass is 422 g/mol. The Labute approximate surface area is 172 Å². The number of halogens is 3. The average molecular weight is 424 g/mol. The summed E-state index contributed by atoms with van der Waals surface area (Å²) in [5, 5.41) is 13.5. The van der Waals surface area contributed by atoms with Crippen molar-refractivity contribution < 1.29 is 5.11 Å². The Hall–Kier alpha value is -1.16. The molecule has 0 aliphatic heterocycles. The van der Waals surface area contributed by atoms with Gasteiger partial charge >= 0.3 is 0 Å². The summed E-state index contributed by atoms with van der Waals surface area (Å²) in [6.07, 6.45) is 0. The lowest BCUT2D eigenvalue weighted by Crippen LogP contribution is -2.30. The van der Waals surface area contributed by atoms with Crippen LogP contribution in [0.25, 0.3) is 0 Å². The summed E-state index contributed by atoms with van der Waals surface area (Å²) in [5.41, 5.74) is 1.63. The highest BCUT2D eigenvalue weighted by Gasteiger charge is 2.31. The standard InChI is InChI=1S/C21H17Cl3OS/c22-18-7-1-15(2-8-18)13-26-14-21(25,16-3-9-19(23)10-4-16)17-5-11-20(24)12-6-17/h1-12,25H,13-14H2. The maximum absolute atomic E-state index is 11.5.